The Labute approximate surface area is 281 Å². The standard InChI is InChI=1S/C46H37NO/c1-3-15-32(16-4-1)36-21-7-10-26-42(36)47(35-29-30-45-41(31-35)39-23-9-12-28-44(39)48-45)43-27-11-8-22-38(43)40-25-14-20-34-19-13-24-37(46(34)40)33-17-5-2-6-18-33/h1,3-4,7-16,19-31,33H,2,5-6,17-18H2. The molecule has 2 heteroatoms. The zero-order valence-corrected chi connectivity index (χ0v) is 27.0. The second-order valence-corrected chi connectivity index (χ2v) is 13.1. The maximum Gasteiger partial charge on any atom is 0.135 e. The van der Waals surface area contributed by atoms with E-state index in [1.54, 1.807) is 0 Å². The van der Waals surface area contributed by atoms with Gasteiger partial charge in [0.15, 0.2) is 0 Å². The van der Waals surface area contributed by atoms with Gasteiger partial charge in [0, 0.05) is 27.6 Å². The number of hydrogen-bond donors (Lipinski definition) is 0. The van der Waals surface area contributed by atoms with Crippen LogP contribution < -0.4 is 4.90 Å². The highest BCUT2D eigenvalue weighted by Gasteiger charge is 2.24. The van der Waals surface area contributed by atoms with E-state index in [1.807, 2.05) is 6.07 Å². The van der Waals surface area contributed by atoms with Crippen LogP contribution in [0.3, 0.4) is 0 Å². The molecule has 1 aromatic heterocycles. The number of fused-ring (bicyclic) bond motifs is 4. The van der Waals surface area contributed by atoms with Gasteiger partial charge in [-0.15, -0.1) is 0 Å². The average Bonchev–Trinajstić information content (AvgIpc) is 3.54. The molecule has 0 N–H and O–H groups in total. The lowest BCUT2D eigenvalue weighted by Crippen LogP contribution is -2.12. The summed E-state index contributed by atoms with van der Waals surface area (Å²) >= 11 is 0. The zero-order valence-electron chi connectivity index (χ0n) is 27.0. The van der Waals surface area contributed by atoms with Crippen molar-refractivity contribution >= 4 is 49.8 Å². The third kappa shape index (κ3) is 4.96. The molecule has 0 atom stereocenters. The number of benzene rings is 7. The lowest BCUT2D eigenvalue weighted by molar-refractivity contribution is 0.445. The molecule has 1 heterocycles. The first kappa shape index (κ1) is 28.6. The molecule has 1 aliphatic rings. The Hall–Kier alpha value is -5.60. The maximum atomic E-state index is 6.29. The molecule has 0 spiro atoms. The first-order valence-electron chi connectivity index (χ1n) is 17.3. The molecular weight excluding hydrogens is 583 g/mol. The Morgan fingerprint density at radius 1 is 0.479 bits per heavy atom. The minimum atomic E-state index is 0.599. The van der Waals surface area contributed by atoms with E-state index in [0.717, 1.165) is 39.0 Å². The summed E-state index contributed by atoms with van der Waals surface area (Å²) in [6.45, 7) is 0. The molecule has 0 aliphatic heterocycles. The minimum absolute atomic E-state index is 0.599. The fourth-order valence-corrected chi connectivity index (χ4v) is 8.04. The molecule has 0 amide bonds. The molecule has 1 fully saturated rings. The first-order chi connectivity index (χ1) is 23.8. The van der Waals surface area contributed by atoms with Crippen LogP contribution in [0.5, 0.6) is 0 Å². The summed E-state index contributed by atoms with van der Waals surface area (Å²) in [4.78, 5) is 2.46. The van der Waals surface area contributed by atoms with Crippen LogP contribution in [0.2, 0.25) is 0 Å². The SMILES string of the molecule is c1ccc(-c2ccccc2N(c2ccc3oc4ccccc4c3c2)c2ccccc2-c2cccc3cccc(C4CCCCC4)c23)cc1. The van der Waals surface area contributed by atoms with Gasteiger partial charge in [-0.2, -0.15) is 0 Å². The third-order valence-corrected chi connectivity index (χ3v) is 10.3. The number of hydrogen-bond acceptors (Lipinski definition) is 2. The van der Waals surface area contributed by atoms with Crippen molar-refractivity contribution in [3.05, 3.63) is 163 Å². The highest BCUT2D eigenvalue weighted by molar-refractivity contribution is 6.08. The Morgan fingerprint density at radius 2 is 1.12 bits per heavy atom. The van der Waals surface area contributed by atoms with Crippen molar-refractivity contribution in [2.45, 2.75) is 38.0 Å². The number of anilines is 3. The fraction of sp³-hybridized carbons (Fsp3) is 0.130. The summed E-state index contributed by atoms with van der Waals surface area (Å²) in [7, 11) is 0. The highest BCUT2D eigenvalue weighted by atomic mass is 16.3. The van der Waals surface area contributed by atoms with Crippen molar-refractivity contribution in [3.8, 4) is 22.3 Å². The number of nitrogens with zero attached hydrogens (tertiary/aromatic N) is 1. The molecular formula is C46H37NO. The normalized spacial score (nSPS) is 13.8. The zero-order chi connectivity index (χ0) is 31.9. The molecule has 0 radical (unpaired) electrons. The largest absolute Gasteiger partial charge is 0.456 e. The number of furan rings is 1. The molecule has 2 nitrogen and oxygen atoms in total. The summed E-state index contributed by atoms with van der Waals surface area (Å²) in [6.07, 6.45) is 6.52. The van der Waals surface area contributed by atoms with Gasteiger partial charge in [0.1, 0.15) is 11.2 Å². The monoisotopic (exact) mass is 619 g/mol. The van der Waals surface area contributed by atoms with Crippen LogP contribution in [0.4, 0.5) is 17.1 Å². The molecule has 232 valence electrons. The van der Waals surface area contributed by atoms with Crippen molar-refractivity contribution in [1.29, 1.82) is 0 Å². The van der Waals surface area contributed by atoms with Crippen LogP contribution in [-0.4, -0.2) is 0 Å². The molecule has 0 saturated heterocycles. The molecule has 1 saturated carbocycles. The Morgan fingerprint density at radius 3 is 1.96 bits per heavy atom. The van der Waals surface area contributed by atoms with E-state index < -0.39 is 0 Å². The highest BCUT2D eigenvalue weighted by Crippen LogP contribution is 2.48. The van der Waals surface area contributed by atoms with Gasteiger partial charge in [-0.25, -0.2) is 0 Å². The number of para-hydroxylation sites is 3. The lowest BCUT2D eigenvalue weighted by Gasteiger charge is -2.30. The van der Waals surface area contributed by atoms with Gasteiger partial charge in [-0.05, 0) is 82.6 Å². The third-order valence-electron chi connectivity index (χ3n) is 10.3. The van der Waals surface area contributed by atoms with Crippen LogP contribution >= 0.6 is 0 Å². The van der Waals surface area contributed by atoms with Gasteiger partial charge < -0.3 is 9.32 Å². The van der Waals surface area contributed by atoms with E-state index in [0.29, 0.717) is 5.92 Å². The van der Waals surface area contributed by atoms with Crippen molar-refractivity contribution < 1.29 is 4.42 Å². The van der Waals surface area contributed by atoms with E-state index in [1.165, 1.54) is 70.7 Å². The summed E-state index contributed by atoms with van der Waals surface area (Å²) in [6, 6.07) is 57.3. The topological polar surface area (TPSA) is 16.4 Å². The van der Waals surface area contributed by atoms with Crippen LogP contribution in [0.25, 0.3) is 55.0 Å². The van der Waals surface area contributed by atoms with Gasteiger partial charge in [-0.1, -0.05) is 141 Å². The van der Waals surface area contributed by atoms with E-state index in [2.05, 4.69) is 157 Å². The molecule has 9 rings (SSSR count). The van der Waals surface area contributed by atoms with Crippen LogP contribution in [-0.2, 0) is 0 Å². The molecule has 7 aromatic carbocycles. The number of rotatable bonds is 6. The van der Waals surface area contributed by atoms with Crippen molar-refractivity contribution in [1.82, 2.24) is 0 Å². The summed E-state index contributed by atoms with van der Waals surface area (Å²) in [5, 5.41) is 4.96. The Bertz CT molecular complexity index is 2390. The smallest absolute Gasteiger partial charge is 0.135 e. The van der Waals surface area contributed by atoms with Crippen molar-refractivity contribution in [2.75, 3.05) is 4.90 Å². The second kappa shape index (κ2) is 12.2. The molecule has 1 aliphatic carbocycles. The van der Waals surface area contributed by atoms with Gasteiger partial charge in [0.25, 0.3) is 0 Å². The summed E-state index contributed by atoms with van der Waals surface area (Å²) in [5.74, 6) is 0.599. The Balaban J connectivity index is 1.32. The fourth-order valence-electron chi connectivity index (χ4n) is 8.04. The quantitative estimate of drug-likeness (QED) is 0.184. The van der Waals surface area contributed by atoms with Gasteiger partial charge in [0.05, 0.1) is 11.4 Å². The van der Waals surface area contributed by atoms with Crippen LogP contribution in [0.1, 0.15) is 43.6 Å². The predicted molar refractivity (Wildman–Crippen MR) is 203 cm³/mol. The van der Waals surface area contributed by atoms with Crippen LogP contribution in [0.15, 0.2) is 162 Å². The first-order valence-corrected chi connectivity index (χ1v) is 17.3. The molecule has 48 heavy (non-hydrogen) atoms. The summed E-state index contributed by atoms with van der Waals surface area (Å²) < 4.78 is 6.29. The van der Waals surface area contributed by atoms with E-state index in [9.17, 15) is 0 Å². The lowest BCUT2D eigenvalue weighted by atomic mass is 9.80. The molecule has 0 unspecified atom stereocenters. The molecule has 8 aromatic rings. The average molecular weight is 620 g/mol. The summed E-state index contributed by atoms with van der Waals surface area (Å²) in [5.41, 5.74) is 11.6. The van der Waals surface area contributed by atoms with E-state index >= 15 is 0 Å². The predicted octanol–water partition coefficient (Wildman–Crippen LogP) is 13.6. The van der Waals surface area contributed by atoms with E-state index in [4.69, 9.17) is 4.42 Å². The minimum Gasteiger partial charge on any atom is -0.456 e. The Kier molecular flexibility index (Phi) is 7.28. The van der Waals surface area contributed by atoms with Crippen molar-refractivity contribution in [2.24, 2.45) is 0 Å². The maximum absolute atomic E-state index is 6.29. The second-order valence-electron chi connectivity index (χ2n) is 13.1. The van der Waals surface area contributed by atoms with Gasteiger partial charge >= 0.3 is 0 Å². The van der Waals surface area contributed by atoms with Gasteiger partial charge in [-0.3, -0.25) is 0 Å². The van der Waals surface area contributed by atoms with Crippen LogP contribution in [0, 0.1) is 0 Å². The molecule has 0 bridgehead atoms. The van der Waals surface area contributed by atoms with E-state index in [-0.39, 0.29) is 0 Å². The van der Waals surface area contributed by atoms with Crippen molar-refractivity contribution in [3.63, 3.8) is 0 Å². The van der Waals surface area contributed by atoms with Gasteiger partial charge in [0.2, 0.25) is 0 Å².